The van der Waals surface area contributed by atoms with Crippen molar-refractivity contribution in [2.75, 3.05) is 19.0 Å². The van der Waals surface area contributed by atoms with Crippen LogP contribution in [0.15, 0.2) is 42.5 Å². The summed E-state index contributed by atoms with van der Waals surface area (Å²) in [6.45, 7) is 3.29. The average molecular weight is 355 g/mol. The third-order valence-corrected chi connectivity index (χ3v) is 4.51. The third-order valence-electron chi connectivity index (χ3n) is 4.51. The van der Waals surface area contributed by atoms with E-state index in [1.54, 1.807) is 12.1 Å². The number of ether oxygens (including phenoxy) is 1. The van der Waals surface area contributed by atoms with E-state index < -0.39 is 4.92 Å². The van der Waals surface area contributed by atoms with Crippen LogP contribution in [-0.4, -0.2) is 35.4 Å². The molecule has 0 bridgehead atoms. The Labute approximate surface area is 151 Å². The molecular formula is C19H21N3O4. The fraction of sp³-hybridized carbons (Fsp3) is 0.316. The van der Waals surface area contributed by atoms with Crippen LogP contribution in [0, 0.1) is 17.0 Å². The molecule has 1 heterocycles. The first-order valence-corrected chi connectivity index (χ1v) is 8.41. The maximum absolute atomic E-state index is 12.6. The molecule has 0 aliphatic carbocycles. The van der Waals surface area contributed by atoms with E-state index in [1.165, 1.54) is 18.7 Å². The van der Waals surface area contributed by atoms with Crippen molar-refractivity contribution in [3.05, 3.63) is 63.7 Å². The Bertz CT molecular complexity index is 820. The van der Waals surface area contributed by atoms with E-state index in [2.05, 4.69) is 5.32 Å². The van der Waals surface area contributed by atoms with Gasteiger partial charge in [-0.25, -0.2) is 0 Å². The van der Waals surface area contributed by atoms with Gasteiger partial charge in [-0.2, -0.15) is 0 Å². The molecule has 26 heavy (non-hydrogen) atoms. The minimum absolute atomic E-state index is 0.0305. The van der Waals surface area contributed by atoms with Gasteiger partial charge in [0.15, 0.2) is 5.75 Å². The van der Waals surface area contributed by atoms with Crippen molar-refractivity contribution in [1.29, 1.82) is 0 Å². The molecule has 2 aromatic rings. The van der Waals surface area contributed by atoms with Gasteiger partial charge in [0.1, 0.15) is 6.04 Å². The van der Waals surface area contributed by atoms with Gasteiger partial charge in [0.05, 0.1) is 12.0 Å². The SMILES string of the molecule is COc1cc(NC2CCN(Cc3ccc(C)cc3)C2=O)ccc1[N+](=O)[O-]. The maximum Gasteiger partial charge on any atom is 0.311 e. The minimum atomic E-state index is -0.493. The zero-order valence-corrected chi connectivity index (χ0v) is 14.8. The molecule has 1 aliphatic heterocycles. The molecule has 7 heteroatoms. The molecule has 1 aliphatic rings. The van der Waals surface area contributed by atoms with E-state index in [9.17, 15) is 14.9 Å². The molecule has 1 N–H and O–H groups in total. The molecule has 1 unspecified atom stereocenters. The molecular weight excluding hydrogens is 334 g/mol. The molecule has 0 aromatic heterocycles. The number of nitro groups is 1. The minimum Gasteiger partial charge on any atom is -0.490 e. The van der Waals surface area contributed by atoms with Crippen LogP contribution < -0.4 is 10.1 Å². The average Bonchev–Trinajstić information content (AvgIpc) is 2.96. The smallest absolute Gasteiger partial charge is 0.311 e. The van der Waals surface area contributed by atoms with Gasteiger partial charge in [-0.05, 0) is 25.0 Å². The lowest BCUT2D eigenvalue weighted by Crippen LogP contribution is -2.33. The number of hydrogen-bond acceptors (Lipinski definition) is 5. The van der Waals surface area contributed by atoms with Crippen LogP contribution in [-0.2, 0) is 11.3 Å². The lowest BCUT2D eigenvalue weighted by atomic mass is 10.1. The zero-order valence-electron chi connectivity index (χ0n) is 14.8. The Morgan fingerprint density at radius 1 is 1.27 bits per heavy atom. The summed E-state index contributed by atoms with van der Waals surface area (Å²) in [7, 11) is 1.39. The number of amides is 1. The van der Waals surface area contributed by atoms with Crippen molar-refractivity contribution >= 4 is 17.3 Å². The maximum atomic E-state index is 12.6. The van der Waals surface area contributed by atoms with E-state index in [0.29, 0.717) is 25.2 Å². The van der Waals surface area contributed by atoms with E-state index in [0.717, 1.165) is 5.56 Å². The second-order valence-corrected chi connectivity index (χ2v) is 6.37. The number of nitrogens with one attached hydrogen (secondary N) is 1. The summed E-state index contributed by atoms with van der Waals surface area (Å²) in [5.74, 6) is 0.199. The van der Waals surface area contributed by atoms with Gasteiger partial charge in [0.25, 0.3) is 0 Å². The molecule has 136 valence electrons. The fourth-order valence-electron chi connectivity index (χ4n) is 3.06. The van der Waals surface area contributed by atoms with Crippen molar-refractivity contribution in [2.45, 2.75) is 25.9 Å². The molecule has 1 saturated heterocycles. The lowest BCUT2D eigenvalue weighted by Gasteiger charge is -2.18. The molecule has 0 radical (unpaired) electrons. The Morgan fingerprint density at radius 3 is 2.65 bits per heavy atom. The Hall–Kier alpha value is -3.09. The summed E-state index contributed by atoms with van der Waals surface area (Å²) in [5, 5.41) is 14.1. The number of carbonyl (C=O) groups excluding carboxylic acids is 1. The molecule has 1 fully saturated rings. The summed E-state index contributed by atoms with van der Waals surface area (Å²) >= 11 is 0. The first-order valence-electron chi connectivity index (χ1n) is 8.41. The van der Waals surface area contributed by atoms with Crippen LogP contribution in [0.25, 0.3) is 0 Å². The molecule has 0 spiro atoms. The Balaban J connectivity index is 1.67. The fourth-order valence-corrected chi connectivity index (χ4v) is 3.06. The highest BCUT2D eigenvalue weighted by atomic mass is 16.6. The highest BCUT2D eigenvalue weighted by Gasteiger charge is 2.31. The van der Waals surface area contributed by atoms with Gasteiger partial charge < -0.3 is 15.0 Å². The standard InChI is InChI=1S/C19H21N3O4/c1-13-3-5-14(6-4-13)12-21-10-9-16(19(21)23)20-15-7-8-17(22(24)25)18(11-15)26-2/h3-8,11,16,20H,9-10,12H2,1-2H3. The summed E-state index contributed by atoms with van der Waals surface area (Å²) in [6.07, 6.45) is 0.685. The Morgan fingerprint density at radius 2 is 2.00 bits per heavy atom. The van der Waals surface area contributed by atoms with Crippen LogP contribution in [0.1, 0.15) is 17.5 Å². The number of methoxy groups -OCH3 is 1. The molecule has 0 saturated carbocycles. The second-order valence-electron chi connectivity index (χ2n) is 6.37. The number of hydrogen-bond donors (Lipinski definition) is 1. The third kappa shape index (κ3) is 3.77. The number of rotatable bonds is 6. The van der Waals surface area contributed by atoms with Gasteiger partial charge >= 0.3 is 5.69 Å². The number of anilines is 1. The molecule has 1 amide bonds. The summed E-state index contributed by atoms with van der Waals surface area (Å²) in [4.78, 5) is 24.9. The molecule has 1 atom stereocenters. The van der Waals surface area contributed by atoms with Crippen molar-refractivity contribution < 1.29 is 14.5 Å². The molecule has 3 rings (SSSR count). The number of carbonyl (C=O) groups is 1. The predicted octanol–water partition coefficient (Wildman–Crippen LogP) is 3.12. The largest absolute Gasteiger partial charge is 0.490 e. The number of aryl methyl sites for hydroxylation is 1. The van der Waals surface area contributed by atoms with Crippen molar-refractivity contribution in [1.82, 2.24) is 4.90 Å². The van der Waals surface area contributed by atoms with Gasteiger partial charge in [0.2, 0.25) is 5.91 Å². The van der Waals surface area contributed by atoms with E-state index >= 15 is 0 Å². The van der Waals surface area contributed by atoms with Crippen LogP contribution >= 0.6 is 0 Å². The number of benzene rings is 2. The quantitative estimate of drug-likeness (QED) is 0.636. The second kappa shape index (κ2) is 7.43. The molecule has 2 aromatic carbocycles. The zero-order chi connectivity index (χ0) is 18.7. The van der Waals surface area contributed by atoms with Crippen LogP contribution in [0.4, 0.5) is 11.4 Å². The van der Waals surface area contributed by atoms with E-state index in [4.69, 9.17) is 4.74 Å². The Kier molecular flexibility index (Phi) is 5.06. The predicted molar refractivity (Wildman–Crippen MR) is 98.3 cm³/mol. The monoisotopic (exact) mass is 355 g/mol. The number of nitrogens with zero attached hydrogens (tertiary/aromatic N) is 2. The summed E-state index contributed by atoms with van der Waals surface area (Å²) in [6, 6.07) is 12.3. The first kappa shape index (κ1) is 17.7. The van der Waals surface area contributed by atoms with Gasteiger partial charge in [-0.1, -0.05) is 29.8 Å². The first-order chi connectivity index (χ1) is 12.5. The number of likely N-dealkylation sites (tertiary alicyclic amines) is 1. The molecule has 7 nitrogen and oxygen atoms in total. The van der Waals surface area contributed by atoms with Gasteiger partial charge in [-0.3, -0.25) is 14.9 Å². The topological polar surface area (TPSA) is 84.7 Å². The van der Waals surface area contributed by atoms with Gasteiger partial charge in [-0.15, -0.1) is 0 Å². The summed E-state index contributed by atoms with van der Waals surface area (Å²) < 4.78 is 5.07. The normalized spacial score (nSPS) is 16.6. The van der Waals surface area contributed by atoms with E-state index in [1.807, 2.05) is 36.1 Å². The van der Waals surface area contributed by atoms with Crippen LogP contribution in [0.3, 0.4) is 0 Å². The highest BCUT2D eigenvalue weighted by molar-refractivity contribution is 5.86. The van der Waals surface area contributed by atoms with Gasteiger partial charge in [0, 0.05) is 30.9 Å². The number of nitro benzene ring substituents is 1. The van der Waals surface area contributed by atoms with Crippen molar-refractivity contribution in [3.8, 4) is 5.75 Å². The van der Waals surface area contributed by atoms with Crippen molar-refractivity contribution in [3.63, 3.8) is 0 Å². The summed E-state index contributed by atoms with van der Waals surface area (Å²) in [5.41, 5.74) is 2.81. The van der Waals surface area contributed by atoms with E-state index in [-0.39, 0.29) is 23.4 Å². The van der Waals surface area contributed by atoms with Crippen molar-refractivity contribution in [2.24, 2.45) is 0 Å². The van der Waals surface area contributed by atoms with Crippen LogP contribution in [0.2, 0.25) is 0 Å². The van der Waals surface area contributed by atoms with Crippen LogP contribution in [0.5, 0.6) is 5.75 Å². The lowest BCUT2D eigenvalue weighted by molar-refractivity contribution is -0.385. The highest BCUT2D eigenvalue weighted by Crippen LogP contribution is 2.30.